The second-order valence-electron chi connectivity index (χ2n) is 5.96. The van der Waals surface area contributed by atoms with Gasteiger partial charge in [-0.2, -0.15) is 0 Å². The Kier molecular flexibility index (Phi) is 5.83. The van der Waals surface area contributed by atoms with Crippen molar-refractivity contribution >= 4 is 11.8 Å². The van der Waals surface area contributed by atoms with Gasteiger partial charge in [0.15, 0.2) is 0 Å². The van der Waals surface area contributed by atoms with Crippen LogP contribution in [0.5, 0.6) is 0 Å². The van der Waals surface area contributed by atoms with Crippen molar-refractivity contribution in [3.8, 4) is 0 Å². The summed E-state index contributed by atoms with van der Waals surface area (Å²) < 4.78 is 0. The fraction of sp³-hybridized carbons (Fsp3) is 0.867. The van der Waals surface area contributed by atoms with Gasteiger partial charge in [-0.15, -0.1) is 0 Å². The fourth-order valence-electron chi connectivity index (χ4n) is 3.15. The first-order valence-corrected chi connectivity index (χ1v) is 7.97. The average Bonchev–Trinajstić information content (AvgIpc) is 2.89. The first-order chi connectivity index (χ1) is 9.70. The largest absolute Gasteiger partial charge is 0.335 e. The Labute approximate surface area is 121 Å². The van der Waals surface area contributed by atoms with Crippen LogP contribution in [0.1, 0.15) is 44.9 Å². The highest BCUT2D eigenvalue weighted by Crippen LogP contribution is 2.21. The SMILES string of the molecule is CN(C(=O)C(=O)N1CCCNCC1)C1CCCCCC1. The Morgan fingerprint density at radius 2 is 1.70 bits per heavy atom. The van der Waals surface area contributed by atoms with Gasteiger partial charge in [0.25, 0.3) is 0 Å². The zero-order chi connectivity index (χ0) is 14.4. The van der Waals surface area contributed by atoms with Crippen LogP contribution >= 0.6 is 0 Å². The van der Waals surface area contributed by atoms with Crippen LogP contribution in [-0.2, 0) is 9.59 Å². The van der Waals surface area contributed by atoms with Crippen molar-refractivity contribution in [1.29, 1.82) is 0 Å². The summed E-state index contributed by atoms with van der Waals surface area (Å²) >= 11 is 0. The van der Waals surface area contributed by atoms with Crippen LogP contribution < -0.4 is 5.32 Å². The molecule has 2 amide bonds. The molecule has 5 heteroatoms. The van der Waals surface area contributed by atoms with Crippen LogP contribution in [0.25, 0.3) is 0 Å². The lowest BCUT2D eigenvalue weighted by molar-refractivity contribution is -0.152. The minimum atomic E-state index is -0.321. The van der Waals surface area contributed by atoms with Crippen molar-refractivity contribution in [2.75, 3.05) is 33.2 Å². The number of rotatable bonds is 1. The fourth-order valence-corrected chi connectivity index (χ4v) is 3.15. The molecule has 0 spiro atoms. The molecule has 1 heterocycles. The topological polar surface area (TPSA) is 52.7 Å². The first-order valence-electron chi connectivity index (χ1n) is 7.97. The third-order valence-electron chi connectivity index (χ3n) is 4.50. The quantitative estimate of drug-likeness (QED) is 0.576. The van der Waals surface area contributed by atoms with E-state index in [9.17, 15) is 9.59 Å². The summed E-state index contributed by atoms with van der Waals surface area (Å²) in [7, 11) is 1.80. The molecule has 0 aromatic rings. The van der Waals surface area contributed by atoms with Gasteiger partial charge in [0.2, 0.25) is 0 Å². The van der Waals surface area contributed by atoms with Crippen molar-refractivity contribution in [3.05, 3.63) is 0 Å². The highest BCUT2D eigenvalue weighted by Gasteiger charge is 2.29. The molecular weight excluding hydrogens is 254 g/mol. The van der Waals surface area contributed by atoms with E-state index in [0.717, 1.165) is 32.4 Å². The molecule has 0 unspecified atom stereocenters. The Bertz CT molecular complexity index is 330. The smallest absolute Gasteiger partial charge is 0.312 e. The third kappa shape index (κ3) is 3.95. The van der Waals surface area contributed by atoms with Crippen molar-refractivity contribution < 1.29 is 9.59 Å². The van der Waals surface area contributed by atoms with Gasteiger partial charge in [-0.1, -0.05) is 25.7 Å². The summed E-state index contributed by atoms with van der Waals surface area (Å²) in [5.74, 6) is -0.640. The Hall–Kier alpha value is -1.10. The van der Waals surface area contributed by atoms with E-state index >= 15 is 0 Å². The maximum Gasteiger partial charge on any atom is 0.312 e. The molecule has 2 aliphatic rings. The molecule has 114 valence electrons. The zero-order valence-electron chi connectivity index (χ0n) is 12.6. The van der Waals surface area contributed by atoms with Crippen molar-refractivity contribution in [2.24, 2.45) is 0 Å². The van der Waals surface area contributed by atoms with Crippen LogP contribution in [0, 0.1) is 0 Å². The number of carbonyl (C=O) groups is 2. The number of nitrogens with zero attached hydrogens (tertiary/aromatic N) is 2. The van der Waals surface area contributed by atoms with Gasteiger partial charge >= 0.3 is 11.8 Å². The van der Waals surface area contributed by atoms with Crippen LogP contribution in [0.4, 0.5) is 0 Å². The highest BCUT2D eigenvalue weighted by atomic mass is 16.2. The summed E-state index contributed by atoms with van der Waals surface area (Å²) in [5.41, 5.74) is 0. The highest BCUT2D eigenvalue weighted by molar-refractivity contribution is 6.34. The summed E-state index contributed by atoms with van der Waals surface area (Å²) in [5, 5.41) is 3.25. The van der Waals surface area contributed by atoms with E-state index in [1.807, 2.05) is 0 Å². The molecule has 0 atom stereocenters. The van der Waals surface area contributed by atoms with Crippen LogP contribution in [0.15, 0.2) is 0 Å². The second kappa shape index (κ2) is 7.62. The van der Waals surface area contributed by atoms with Crippen LogP contribution in [0.3, 0.4) is 0 Å². The Balaban J connectivity index is 1.92. The molecule has 20 heavy (non-hydrogen) atoms. The van der Waals surface area contributed by atoms with Gasteiger partial charge in [0, 0.05) is 32.7 Å². The molecule has 5 nitrogen and oxygen atoms in total. The molecular formula is C15H27N3O2. The average molecular weight is 281 g/mol. The lowest BCUT2D eigenvalue weighted by atomic mass is 10.1. The maximum atomic E-state index is 12.4. The molecule has 0 bridgehead atoms. The third-order valence-corrected chi connectivity index (χ3v) is 4.50. The normalized spacial score (nSPS) is 21.9. The van der Waals surface area contributed by atoms with Gasteiger partial charge in [-0.3, -0.25) is 9.59 Å². The van der Waals surface area contributed by atoms with Gasteiger partial charge in [-0.25, -0.2) is 0 Å². The molecule has 1 aliphatic heterocycles. The standard InChI is InChI=1S/C15H27N3O2/c1-17(13-7-4-2-3-5-8-13)14(19)15(20)18-11-6-9-16-10-12-18/h13,16H,2-12H2,1H3. The van der Waals surface area contributed by atoms with Crippen molar-refractivity contribution in [3.63, 3.8) is 0 Å². The van der Waals surface area contributed by atoms with E-state index in [-0.39, 0.29) is 17.9 Å². The molecule has 0 aromatic carbocycles. The lowest BCUT2D eigenvalue weighted by Crippen LogP contribution is -2.48. The van der Waals surface area contributed by atoms with Gasteiger partial charge < -0.3 is 15.1 Å². The molecule has 1 saturated heterocycles. The van der Waals surface area contributed by atoms with E-state index in [4.69, 9.17) is 0 Å². The predicted molar refractivity (Wildman–Crippen MR) is 78.3 cm³/mol. The summed E-state index contributed by atoms with van der Waals surface area (Å²) in [4.78, 5) is 28.1. The zero-order valence-corrected chi connectivity index (χ0v) is 12.6. The number of nitrogens with one attached hydrogen (secondary N) is 1. The monoisotopic (exact) mass is 281 g/mol. The molecule has 1 N–H and O–H groups in total. The van der Waals surface area contributed by atoms with E-state index in [1.165, 1.54) is 25.7 Å². The molecule has 2 fully saturated rings. The van der Waals surface area contributed by atoms with Gasteiger partial charge in [-0.05, 0) is 25.8 Å². The molecule has 1 saturated carbocycles. The van der Waals surface area contributed by atoms with E-state index in [0.29, 0.717) is 13.1 Å². The van der Waals surface area contributed by atoms with E-state index < -0.39 is 0 Å². The number of hydrogen-bond acceptors (Lipinski definition) is 3. The van der Waals surface area contributed by atoms with Crippen LogP contribution in [-0.4, -0.2) is 60.9 Å². The summed E-state index contributed by atoms with van der Waals surface area (Å²) in [6.07, 6.45) is 7.85. The van der Waals surface area contributed by atoms with Crippen molar-refractivity contribution in [2.45, 2.75) is 51.0 Å². The number of likely N-dealkylation sites (N-methyl/N-ethyl adjacent to an activating group) is 1. The van der Waals surface area contributed by atoms with Gasteiger partial charge in [0.1, 0.15) is 0 Å². The van der Waals surface area contributed by atoms with E-state index in [1.54, 1.807) is 16.8 Å². The first kappa shape index (κ1) is 15.3. The van der Waals surface area contributed by atoms with E-state index in [2.05, 4.69) is 5.32 Å². The second-order valence-corrected chi connectivity index (χ2v) is 5.96. The molecule has 1 aliphatic carbocycles. The molecule has 0 radical (unpaired) electrons. The minimum absolute atomic E-state index is 0.249. The molecule has 2 rings (SSSR count). The maximum absolute atomic E-state index is 12.4. The Morgan fingerprint density at radius 1 is 1.00 bits per heavy atom. The minimum Gasteiger partial charge on any atom is -0.335 e. The number of amides is 2. The summed E-state index contributed by atoms with van der Waals surface area (Å²) in [6.45, 7) is 3.04. The number of hydrogen-bond donors (Lipinski definition) is 1. The lowest BCUT2D eigenvalue weighted by Gasteiger charge is -2.29. The van der Waals surface area contributed by atoms with Gasteiger partial charge in [0.05, 0.1) is 0 Å². The number of carbonyl (C=O) groups excluding carboxylic acids is 2. The Morgan fingerprint density at radius 3 is 2.40 bits per heavy atom. The summed E-state index contributed by atoms with van der Waals surface area (Å²) in [6, 6.07) is 0.249. The van der Waals surface area contributed by atoms with Crippen molar-refractivity contribution in [1.82, 2.24) is 15.1 Å². The van der Waals surface area contributed by atoms with Crippen LogP contribution in [0.2, 0.25) is 0 Å². The predicted octanol–water partition coefficient (Wildman–Crippen LogP) is 0.989. The molecule has 0 aromatic heterocycles.